The third-order valence-electron chi connectivity index (χ3n) is 4.14. The molecule has 4 nitrogen and oxygen atoms in total. The summed E-state index contributed by atoms with van der Waals surface area (Å²) in [6, 6.07) is 12.3. The van der Waals surface area contributed by atoms with Crippen molar-refractivity contribution in [3.05, 3.63) is 58.9 Å². The number of aryl methyl sites for hydroxylation is 1. The van der Waals surface area contributed by atoms with Crippen LogP contribution in [0.15, 0.2) is 42.5 Å². The molecule has 1 aliphatic heterocycles. The molecule has 0 bridgehead atoms. The molecule has 0 aromatic heterocycles. The lowest BCUT2D eigenvalue weighted by Crippen LogP contribution is -2.50. The number of hydrogen-bond acceptors (Lipinski definition) is 2. The van der Waals surface area contributed by atoms with E-state index in [2.05, 4.69) is 10.2 Å². The fraction of sp³-hybridized carbons (Fsp3) is 0.278. The van der Waals surface area contributed by atoms with E-state index < -0.39 is 5.82 Å². The molecule has 0 saturated carbocycles. The van der Waals surface area contributed by atoms with Gasteiger partial charge < -0.3 is 15.1 Å². The number of nitrogens with one attached hydrogen (secondary N) is 1. The number of piperazine rings is 1. The van der Waals surface area contributed by atoms with E-state index in [0.29, 0.717) is 26.2 Å². The summed E-state index contributed by atoms with van der Waals surface area (Å²) < 4.78 is 13.3. The van der Waals surface area contributed by atoms with Crippen molar-refractivity contribution < 1.29 is 9.18 Å². The van der Waals surface area contributed by atoms with Crippen LogP contribution >= 0.6 is 11.6 Å². The highest BCUT2D eigenvalue weighted by atomic mass is 35.5. The van der Waals surface area contributed by atoms with Gasteiger partial charge in [-0.3, -0.25) is 0 Å². The van der Waals surface area contributed by atoms with Gasteiger partial charge in [0.15, 0.2) is 0 Å². The second kappa shape index (κ2) is 7.09. The predicted molar refractivity (Wildman–Crippen MR) is 95.4 cm³/mol. The van der Waals surface area contributed by atoms with E-state index in [1.807, 2.05) is 31.2 Å². The normalized spacial score (nSPS) is 14.6. The van der Waals surface area contributed by atoms with Crippen molar-refractivity contribution in [3.63, 3.8) is 0 Å². The molecular weight excluding hydrogens is 329 g/mol. The number of rotatable bonds is 2. The Morgan fingerprint density at radius 3 is 2.38 bits per heavy atom. The van der Waals surface area contributed by atoms with E-state index >= 15 is 0 Å². The summed E-state index contributed by atoms with van der Waals surface area (Å²) in [5.74, 6) is -0.420. The molecule has 1 N–H and O–H groups in total. The minimum Gasteiger partial charge on any atom is -0.368 e. The Balaban J connectivity index is 1.57. The zero-order valence-corrected chi connectivity index (χ0v) is 14.2. The summed E-state index contributed by atoms with van der Waals surface area (Å²) in [5, 5.41) is 3.03. The summed E-state index contributed by atoms with van der Waals surface area (Å²) >= 11 is 5.84. The van der Waals surface area contributed by atoms with E-state index in [-0.39, 0.29) is 11.1 Å². The van der Waals surface area contributed by atoms with Crippen LogP contribution in [-0.2, 0) is 0 Å². The maximum absolute atomic E-state index is 13.3. The molecule has 0 spiro atoms. The third kappa shape index (κ3) is 3.79. The predicted octanol–water partition coefficient (Wildman–Crippen LogP) is 4.14. The van der Waals surface area contributed by atoms with E-state index in [9.17, 15) is 9.18 Å². The summed E-state index contributed by atoms with van der Waals surface area (Å²) in [6.07, 6.45) is 0. The molecule has 1 aliphatic rings. The van der Waals surface area contributed by atoms with Gasteiger partial charge in [-0.25, -0.2) is 9.18 Å². The summed E-state index contributed by atoms with van der Waals surface area (Å²) in [5.41, 5.74) is 2.82. The van der Waals surface area contributed by atoms with E-state index in [4.69, 9.17) is 11.6 Å². The van der Waals surface area contributed by atoms with E-state index in [0.717, 1.165) is 16.9 Å². The second-order valence-corrected chi connectivity index (χ2v) is 6.28. The van der Waals surface area contributed by atoms with Gasteiger partial charge in [0.05, 0.1) is 5.02 Å². The zero-order valence-electron chi connectivity index (χ0n) is 13.4. The molecule has 2 aromatic carbocycles. The first-order chi connectivity index (χ1) is 11.5. The van der Waals surface area contributed by atoms with Crippen LogP contribution in [0.2, 0.25) is 5.02 Å². The Morgan fingerprint density at radius 1 is 1.08 bits per heavy atom. The Bertz CT molecular complexity index is 728. The Hall–Kier alpha value is -2.27. The van der Waals surface area contributed by atoms with Crippen molar-refractivity contribution in [2.24, 2.45) is 0 Å². The SMILES string of the molecule is Cc1ccc(NC(=O)N2CCN(c3ccc(F)c(Cl)c3)CC2)cc1. The largest absolute Gasteiger partial charge is 0.368 e. The highest BCUT2D eigenvalue weighted by Crippen LogP contribution is 2.23. The minimum absolute atomic E-state index is 0.101. The summed E-state index contributed by atoms with van der Waals surface area (Å²) in [7, 11) is 0. The molecule has 0 atom stereocenters. The minimum atomic E-state index is -0.420. The molecule has 6 heteroatoms. The Morgan fingerprint density at radius 2 is 1.75 bits per heavy atom. The lowest BCUT2D eigenvalue weighted by atomic mass is 10.2. The van der Waals surface area contributed by atoms with Crippen molar-refractivity contribution >= 4 is 29.0 Å². The maximum Gasteiger partial charge on any atom is 0.321 e. The molecular formula is C18H19ClFN3O. The number of amides is 2. The van der Waals surface area contributed by atoms with Crippen LogP contribution in [-0.4, -0.2) is 37.1 Å². The van der Waals surface area contributed by atoms with Crippen molar-refractivity contribution in [2.45, 2.75) is 6.92 Å². The number of anilines is 2. The van der Waals surface area contributed by atoms with Crippen molar-refractivity contribution in [1.82, 2.24) is 4.90 Å². The lowest BCUT2D eigenvalue weighted by molar-refractivity contribution is 0.208. The third-order valence-corrected chi connectivity index (χ3v) is 4.43. The monoisotopic (exact) mass is 347 g/mol. The molecule has 1 heterocycles. The average Bonchev–Trinajstić information content (AvgIpc) is 2.59. The highest BCUT2D eigenvalue weighted by Gasteiger charge is 2.21. The fourth-order valence-electron chi connectivity index (χ4n) is 2.69. The zero-order chi connectivity index (χ0) is 17.1. The summed E-state index contributed by atoms with van der Waals surface area (Å²) in [4.78, 5) is 16.2. The van der Waals surface area contributed by atoms with Gasteiger partial charge in [-0.05, 0) is 37.3 Å². The van der Waals surface area contributed by atoms with Crippen LogP contribution in [0.1, 0.15) is 5.56 Å². The molecule has 1 saturated heterocycles. The quantitative estimate of drug-likeness (QED) is 0.886. The average molecular weight is 348 g/mol. The number of carbonyl (C=O) groups is 1. The molecule has 2 amide bonds. The molecule has 126 valence electrons. The molecule has 0 unspecified atom stereocenters. The van der Waals surface area contributed by atoms with E-state index in [1.165, 1.54) is 6.07 Å². The molecule has 24 heavy (non-hydrogen) atoms. The topological polar surface area (TPSA) is 35.6 Å². The van der Waals surface area contributed by atoms with Gasteiger partial charge in [-0.2, -0.15) is 0 Å². The molecule has 3 rings (SSSR count). The van der Waals surface area contributed by atoms with Crippen molar-refractivity contribution in [1.29, 1.82) is 0 Å². The number of hydrogen-bond donors (Lipinski definition) is 1. The van der Waals surface area contributed by atoms with Gasteiger partial charge in [-0.15, -0.1) is 0 Å². The van der Waals surface area contributed by atoms with E-state index in [1.54, 1.807) is 17.0 Å². The number of urea groups is 1. The van der Waals surface area contributed by atoms with Crippen LogP contribution in [0, 0.1) is 12.7 Å². The standard InChI is InChI=1S/C18H19ClFN3O/c1-13-2-4-14(5-3-13)21-18(24)23-10-8-22(9-11-23)15-6-7-17(20)16(19)12-15/h2-7,12H,8-11H2,1H3,(H,21,24). The number of nitrogens with zero attached hydrogens (tertiary/aromatic N) is 2. The second-order valence-electron chi connectivity index (χ2n) is 5.87. The summed E-state index contributed by atoms with van der Waals surface area (Å²) in [6.45, 7) is 4.58. The molecule has 0 radical (unpaired) electrons. The van der Waals surface area contributed by atoms with Crippen LogP contribution in [0.25, 0.3) is 0 Å². The number of carbonyl (C=O) groups excluding carboxylic acids is 1. The van der Waals surface area contributed by atoms with Crippen LogP contribution < -0.4 is 10.2 Å². The molecule has 0 aliphatic carbocycles. The maximum atomic E-state index is 13.3. The van der Waals surface area contributed by atoms with Gasteiger partial charge >= 0.3 is 6.03 Å². The van der Waals surface area contributed by atoms with Gasteiger partial charge in [0.25, 0.3) is 0 Å². The lowest BCUT2D eigenvalue weighted by Gasteiger charge is -2.36. The van der Waals surface area contributed by atoms with Crippen LogP contribution in [0.4, 0.5) is 20.6 Å². The number of benzene rings is 2. The van der Waals surface area contributed by atoms with Crippen LogP contribution in [0.5, 0.6) is 0 Å². The first kappa shape index (κ1) is 16.6. The fourth-order valence-corrected chi connectivity index (χ4v) is 2.86. The van der Waals surface area contributed by atoms with Gasteiger partial charge in [0.2, 0.25) is 0 Å². The van der Waals surface area contributed by atoms with Gasteiger partial charge in [-0.1, -0.05) is 29.3 Å². The van der Waals surface area contributed by atoms with Gasteiger partial charge in [0, 0.05) is 37.6 Å². The smallest absolute Gasteiger partial charge is 0.321 e. The Kier molecular flexibility index (Phi) is 4.90. The number of halogens is 2. The molecule has 2 aromatic rings. The molecule has 1 fully saturated rings. The first-order valence-electron chi connectivity index (χ1n) is 7.85. The van der Waals surface area contributed by atoms with Gasteiger partial charge in [0.1, 0.15) is 5.82 Å². The highest BCUT2D eigenvalue weighted by molar-refractivity contribution is 6.31. The first-order valence-corrected chi connectivity index (χ1v) is 8.23. The Labute approximate surface area is 145 Å². The van der Waals surface area contributed by atoms with Crippen molar-refractivity contribution in [2.75, 3.05) is 36.4 Å². The van der Waals surface area contributed by atoms with Crippen molar-refractivity contribution in [3.8, 4) is 0 Å². The van der Waals surface area contributed by atoms with Crippen LogP contribution in [0.3, 0.4) is 0 Å².